The molecule has 0 aromatic carbocycles. The minimum Gasteiger partial charge on any atom is -0.481 e. The molecule has 0 saturated carbocycles. The van der Waals surface area contributed by atoms with Gasteiger partial charge in [-0.3, -0.25) is 4.79 Å². The Morgan fingerprint density at radius 2 is 2.31 bits per heavy atom. The molecule has 0 saturated heterocycles. The minimum absolute atomic E-state index is 0.142. The smallest absolute Gasteiger partial charge is 0.268 e. The lowest BCUT2D eigenvalue weighted by Gasteiger charge is -2.13. The van der Waals surface area contributed by atoms with Gasteiger partial charge in [-0.15, -0.1) is 11.3 Å². The van der Waals surface area contributed by atoms with Crippen LogP contribution in [0.4, 0.5) is 0 Å². The molecule has 0 unspecified atom stereocenters. The number of aromatic amines is 1. The number of pyridine rings is 1. The number of aliphatic hydroxyl groups is 1. The zero-order chi connectivity index (χ0) is 18.5. The first-order valence-electron chi connectivity index (χ1n) is 7.90. The number of nitrogens with two attached hydrogens (primary N) is 1. The van der Waals surface area contributed by atoms with Gasteiger partial charge in [0.1, 0.15) is 10.7 Å². The van der Waals surface area contributed by atoms with Gasteiger partial charge >= 0.3 is 0 Å². The average Bonchev–Trinajstić information content (AvgIpc) is 3.35. The van der Waals surface area contributed by atoms with Gasteiger partial charge < -0.3 is 25.9 Å². The fourth-order valence-corrected chi connectivity index (χ4v) is 3.27. The van der Waals surface area contributed by atoms with E-state index in [4.69, 9.17) is 15.6 Å². The summed E-state index contributed by atoms with van der Waals surface area (Å²) in [6.07, 6.45) is 1.64. The van der Waals surface area contributed by atoms with Crippen molar-refractivity contribution in [2.45, 2.75) is 12.6 Å². The number of H-pyrrole nitrogens is 1. The highest BCUT2D eigenvalue weighted by Crippen LogP contribution is 2.22. The molecule has 0 aliphatic heterocycles. The molecule has 1 amide bonds. The summed E-state index contributed by atoms with van der Waals surface area (Å²) < 4.78 is 5.12. The number of hydrogen-bond donors (Lipinski definition) is 4. The molecule has 0 aliphatic carbocycles. The number of carbonyl (C=O) groups is 1. The van der Waals surface area contributed by atoms with Crippen molar-refractivity contribution in [3.8, 4) is 17.1 Å². The number of thiazole rings is 1. The number of amides is 1. The molecule has 5 N–H and O–H groups in total. The van der Waals surface area contributed by atoms with Gasteiger partial charge in [0.05, 0.1) is 25.5 Å². The lowest BCUT2D eigenvalue weighted by Crippen LogP contribution is -2.33. The summed E-state index contributed by atoms with van der Waals surface area (Å²) >= 11 is 1.35. The van der Waals surface area contributed by atoms with E-state index in [1.165, 1.54) is 11.3 Å². The summed E-state index contributed by atoms with van der Waals surface area (Å²) in [4.78, 5) is 23.9. The highest BCUT2D eigenvalue weighted by atomic mass is 32.1. The molecule has 3 aromatic rings. The molecule has 0 radical (unpaired) electrons. The van der Waals surface area contributed by atoms with Gasteiger partial charge in [0.2, 0.25) is 5.88 Å². The molecule has 0 fully saturated rings. The first-order chi connectivity index (χ1) is 12.6. The van der Waals surface area contributed by atoms with Gasteiger partial charge in [-0.2, -0.15) is 0 Å². The van der Waals surface area contributed by atoms with E-state index in [2.05, 4.69) is 20.3 Å². The molecule has 1 atom stereocenters. The van der Waals surface area contributed by atoms with Crippen LogP contribution in [0.1, 0.15) is 27.2 Å². The highest BCUT2D eigenvalue weighted by molar-refractivity contribution is 7.09. The van der Waals surface area contributed by atoms with Crippen LogP contribution >= 0.6 is 11.3 Å². The number of ether oxygens (including phenoxy) is 1. The van der Waals surface area contributed by atoms with Crippen LogP contribution in [0.3, 0.4) is 0 Å². The van der Waals surface area contributed by atoms with Crippen LogP contribution in [0.15, 0.2) is 35.8 Å². The standard InChI is InChI=1S/C17H19N5O3S/c1-25-15-6-10(4-5-19-15)12-2-3-13(21-12)16(24)22-14(7-18)17-20-11(8-23)9-26-17/h2-6,9,14,21,23H,7-8,18H2,1H3,(H,22,24)/t14-/m0/s1. The summed E-state index contributed by atoms with van der Waals surface area (Å²) in [7, 11) is 1.55. The van der Waals surface area contributed by atoms with Crippen LogP contribution in [0.5, 0.6) is 5.88 Å². The van der Waals surface area contributed by atoms with E-state index in [9.17, 15) is 4.79 Å². The van der Waals surface area contributed by atoms with Crippen molar-refractivity contribution in [3.63, 3.8) is 0 Å². The normalized spacial score (nSPS) is 12.0. The quantitative estimate of drug-likeness (QED) is 0.497. The van der Waals surface area contributed by atoms with E-state index in [1.807, 2.05) is 12.1 Å². The van der Waals surface area contributed by atoms with Crippen molar-refractivity contribution in [2.24, 2.45) is 5.73 Å². The molecule has 0 spiro atoms. The lowest BCUT2D eigenvalue weighted by atomic mass is 10.2. The number of aliphatic hydroxyl groups excluding tert-OH is 1. The summed E-state index contributed by atoms with van der Waals surface area (Å²) in [6, 6.07) is 6.70. The van der Waals surface area contributed by atoms with Crippen LogP contribution in [-0.2, 0) is 6.61 Å². The van der Waals surface area contributed by atoms with E-state index >= 15 is 0 Å². The summed E-state index contributed by atoms with van der Waals surface area (Å²) in [5.74, 6) is 0.211. The number of methoxy groups -OCH3 is 1. The molecular formula is C17H19N5O3S. The van der Waals surface area contributed by atoms with Crippen LogP contribution in [0.25, 0.3) is 11.3 Å². The second-order valence-electron chi connectivity index (χ2n) is 5.47. The van der Waals surface area contributed by atoms with E-state index < -0.39 is 6.04 Å². The van der Waals surface area contributed by atoms with E-state index in [0.29, 0.717) is 22.3 Å². The predicted molar refractivity (Wildman–Crippen MR) is 97.9 cm³/mol. The largest absolute Gasteiger partial charge is 0.481 e. The number of carbonyl (C=O) groups excluding carboxylic acids is 1. The number of nitrogens with zero attached hydrogens (tertiary/aromatic N) is 2. The van der Waals surface area contributed by atoms with Crippen molar-refractivity contribution in [1.82, 2.24) is 20.3 Å². The van der Waals surface area contributed by atoms with E-state index in [1.54, 1.807) is 30.8 Å². The van der Waals surface area contributed by atoms with Gasteiger partial charge in [0, 0.05) is 35.4 Å². The molecular weight excluding hydrogens is 354 g/mol. The zero-order valence-electron chi connectivity index (χ0n) is 14.1. The Hall–Kier alpha value is -2.75. The van der Waals surface area contributed by atoms with Gasteiger partial charge in [0.25, 0.3) is 5.91 Å². The van der Waals surface area contributed by atoms with Gasteiger partial charge in [-0.25, -0.2) is 9.97 Å². The maximum Gasteiger partial charge on any atom is 0.268 e. The fourth-order valence-electron chi connectivity index (χ4n) is 2.40. The number of rotatable bonds is 7. The van der Waals surface area contributed by atoms with Crippen molar-refractivity contribution >= 4 is 17.2 Å². The molecule has 3 heterocycles. The van der Waals surface area contributed by atoms with Crippen LogP contribution < -0.4 is 15.8 Å². The van der Waals surface area contributed by atoms with Crippen molar-refractivity contribution in [2.75, 3.05) is 13.7 Å². The Labute approximate surface area is 154 Å². The van der Waals surface area contributed by atoms with Crippen LogP contribution in [0, 0.1) is 0 Å². The molecule has 8 nitrogen and oxygen atoms in total. The van der Waals surface area contributed by atoms with Gasteiger partial charge in [0.15, 0.2) is 0 Å². The third-order valence-electron chi connectivity index (χ3n) is 3.76. The molecule has 0 bridgehead atoms. The Kier molecular flexibility index (Phi) is 5.61. The van der Waals surface area contributed by atoms with Gasteiger partial charge in [-0.1, -0.05) is 0 Å². The maximum absolute atomic E-state index is 12.5. The Bertz CT molecular complexity index is 892. The zero-order valence-corrected chi connectivity index (χ0v) is 14.9. The SMILES string of the molecule is COc1cc(-c2ccc(C(=O)N[C@@H](CN)c3nc(CO)cs3)[nH]2)ccn1. The topological polar surface area (TPSA) is 126 Å². The molecule has 0 aliphatic rings. The Morgan fingerprint density at radius 1 is 1.46 bits per heavy atom. The Balaban J connectivity index is 1.74. The third-order valence-corrected chi connectivity index (χ3v) is 4.76. The lowest BCUT2D eigenvalue weighted by molar-refractivity contribution is 0.0933. The summed E-state index contributed by atoms with van der Waals surface area (Å²) in [5.41, 5.74) is 8.38. The minimum atomic E-state index is -0.416. The second-order valence-corrected chi connectivity index (χ2v) is 6.36. The van der Waals surface area contributed by atoms with Crippen molar-refractivity contribution < 1.29 is 14.6 Å². The monoisotopic (exact) mass is 373 g/mol. The second kappa shape index (κ2) is 8.09. The fraction of sp³-hybridized carbons (Fsp3) is 0.235. The predicted octanol–water partition coefficient (Wildman–Crippen LogP) is 1.46. The molecule has 3 rings (SSSR count). The number of aromatic nitrogens is 3. The molecule has 26 heavy (non-hydrogen) atoms. The first kappa shape index (κ1) is 18.1. The number of nitrogens with one attached hydrogen (secondary N) is 2. The first-order valence-corrected chi connectivity index (χ1v) is 8.78. The third kappa shape index (κ3) is 3.90. The number of hydrogen-bond acceptors (Lipinski definition) is 7. The molecule has 9 heteroatoms. The van der Waals surface area contributed by atoms with E-state index in [0.717, 1.165) is 11.3 Å². The van der Waals surface area contributed by atoms with Crippen molar-refractivity contribution in [3.05, 3.63) is 52.2 Å². The van der Waals surface area contributed by atoms with Crippen LogP contribution in [0.2, 0.25) is 0 Å². The average molecular weight is 373 g/mol. The maximum atomic E-state index is 12.5. The van der Waals surface area contributed by atoms with E-state index in [-0.39, 0.29) is 19.1 Å². The molecule has 136 valence electrons. The summed E-state index contributed by atoms with van der Waals surface area (Å²) in [5, 5.41) is 14.4. The van der Waals surface area contributed by atoms with Crippen LogP contribution in [-0.4, -0.2) is 39.6 Å². The Morgan fingerprint density at radius 3 is 3.00 bits per heavy atom. The van der Waals surface area contributed by atoms with Crippen molar-refractivity contribution in [1.29, 1.82) is 0 Å². The summed E-state index contributed by atoms with van der Waals surface area (Å²) in [6.45, 7) is 0.0658. The molecule has 3 aromatic heterocycles. The van der Waals surface area contributed by atoms with Gasteiger partial charge in [-0.05, 0) is 18.2 Å². The highest BCUT2D eigenvalue weighted by Gasteiger charge is 2.19.